The first-order valence-electron chi connectivity index (χ1n) is 15.9. The quantitative estimate of drug-likeness (QED) is 0.146. The highest BCUT2D eigenvalue weighted by Gasteiger charge is 2.25. The van der Waals surface area contributed by atoms with E-state index in [9.17, 15) is 0 Å². The van der Waals surface area contributed by atoms with E-state index in [0.29, 0.717) is 0 Å². The van der Waals surface area contributed by atoms with Crippen molar-refractivity contribution in [3.05, 3.63) is 77.6 Å². The molecule has 5 nitrogen and oxygen atoms in total. The number of benzene rings is 2. The first kappa shape index (κ1) is 32.3. The molecule has 0 aliphatic rings. The highest BCUT2D eigenvalue weighted by atomic mass is 16.5. The summed E-state index contributed by atoms with van der Waals surface area (Å²) in [6, 6.07) is 17.7. The summed E-state index contributed by atoms with van der Waals surface area (Å²) in [5, 5.41) is 0. The van der Waals surface area contributed by atoms with Crippen LogP contribution in [0.1, 0.15) is 102 Å². The van der Waals surface area contributed by atoms with Gasteiger partial charge in [-0.2, -0.15) is 0 Å². The molecular weight excluding hydrogens is 506 g/mol. The summed E-state index contributed by atoms with van der Waals surface area (Å²) in [5.74, 6) is 1.76. The highest BCUT2D eigenvalue weighted by molar-refractivity contribution is 5.62. The average Bonchev–Trinajstić information content (AvgIpc) is 3.02. The molecule has 0 aliphatic carbocycles. The van der Waals surface area contributed by atoms with Crippen molar-refractivity contribution in [1.82, 2.24) is 4.98 Å². The van der Waals surface area contributed by atoms with Crippen LogP contribution in [-0.4, -0.2) is 45.4 Å². The molecule has 0 amide bonds. The van der Waals surface area contributed by atoms with Crippen LogP contribution in [0, 0.1) is 0 Å². The smallest absolute Gasteiger partial charge is 0.125 e. The number of hydrogen-bond donors (Lipinski definition) is 0. The Labute approximate surface area is 249 Å². The van der Waals surface area contributed by atoms with Crippen molar-refractivity contribution in [2.24, 2.45) is 0 Å². The Bertz CT molecular complexity index is 1060. The lowest BCUT2D eigenvalue weighted by Gasteiger charge is -2.29. The SMILES string of the molecule is CCCCN(CCCC)c1ccc(C(c2ccncc2)c2ccc(N(CCCC)CCCC)cc2OC)c(OC)c1. The van der Waals surface area contributed by atoms with Gasteiger partial charge in [-0.05, 0) is 55.5 Å². The van der Waals surface area contributed by atoms with Crippen molar-refractivity contribution >= 4 is 11.4 Å². The van der Waals surface area contributed by atoms with E-state index >= 15 is 0 Å². The third-order valence-corrected chi connectivity index (χ3v) is 7.95. The Morgan fingerprint density at radius 2 is 0.976 bits per heavy atom. The number of nitrogens with zero attached hydrogens (tertiary/aromatic N) is 3. The van der Waals surface area contributed by atoms with Crippen LogP contribution in [-0.2, 0) is 0 Å². The summed E-state index contributed by atoms with van der Waals surface area (Å²) in [7, 11) is 3.57. The topological polar surface area (TPSA) is 37.8 Å². The van der Waals surface area contributed by atoms with Crippen LogP contribution in [0.15, 0.2) is 60.9 Å². The Morgan fingerprint density at radius 3 is 1.32 bits per heavy atom. The predicted molar refractivity (Wildman–Crippen MR) is 175 cm³/mol. The minimum Gasteiger partial charge on any atom is -0.496 e. The fourth-order valence-electron chi connectivity index (χ4n) is 5.49. The third kappa shape index (κ3) is 8.89. The van der Waals surface area contributed by atoms with Crippen LogP contribution in [0.5, 0.6) is 11.5 Å². The molecule has 0 radical (unpaired) electrons. The standard InChI is InChI=1S/C36H53N3O2/c1-7-11-23-38(24-12-8-2)30-15-17-32(34(27-30)40-5)36(29-19-21-37-22-20-29)33-18-16-31(28-35(33)41-6)39(25-13-9-3)26-14-10-4/h15-22,27-28,36H,7-14,23-26H2,1-6H3. The van der Waals surface area contributed by atoms with E-state index in [1.54, 1.807) is 14.2 Å². The van der Waals surface area contributed by atoms with E-state index in [1.807, 2.05) is 12.4 Å². The van der Waals surface area contributed by atoms with Gasteiger partial charge in [0.2, 0.25) is 0 Å². The molecule has 0 fully saturated rings. The van der Waals surface area contributed by atoms with Crippen LogP contribution in [0.4, 0.5) is 11.4 Å². The molecule has 1 aromatic heterocycles. The van der Waals surface area contributed by atoms with Crippen LogP contribution in [0.2, 0.25) is 0 Å². The number of methoxy groups -OCH3 is 2. The summed E-state index contributed by atoms with van der Waals surface area (Å²) in [4.78, 5) is 9.34. The zero-order valence-electron chi connectivity index (χ0n) is 26.5. The number of ether oxygens (including phenoxy) is 2. The van der Waals surface area contributed by atoms with Crippen LogP contribution < -0.4 is 19.3 Å². The van der Waals surface area contributed by atoms with Crippen molar-refractivity contribution in [2.75, 3.05) is 50.2 Å². The molecule has 0 spiro atoms. The van der Waals surface area contributed by atoms with Gasteiger partial charge >= 0.3 is 0 Å². The lowest BCUT2D eigenvalue weighted by molar-refractivity contribution is 0.402. The van der Waals surface area contributed by atoms with Gasteiger partial charge in [-0.15, -0.1) is 0 Å². The van der Waals surface area contributed by atoms with Crippen LogP contribution in [0.25, 0.3) is 0 Å². The molecule has 224 valence electrons. The Kier molecular flexibility index (Phi) is 13.8. The minimum absolute atomic E-state index is 0.0505. The monoisotopic (exact) mass is 559 g/mol. The van der Waals surface area contributed by atoms with Crippen molar-refractivity contribution in [3.63, 3.8) is 0 Å². The van der Waals surface area contributed by atoms with Gasteiger partial charge in [-0.1, -0.05) is 65.5 Å². The van der Waals surface area contributed by atoms with E-state index in [-0.39, 0.29) is 5.92 Å². The lowest BCUT2D eigenvalue weighted by atomic mass is 9.84. The van der Waals surface area contributed by atoms with E-state index in [0.717, 1.165) is 48.8 Å². The summed E-state index contributed by atoms with van der Waals surface area (Å²) < 4.78 is 12.2. The molecule has 0 saturated carbocycles. The Morgan fingerprint density at radius 1 is 0.585 bits per heavy atom. The van der Waals surface area contributed by atoms with Crippen molar-refractivity contribution in [1.29, 1.82) is 0 Å². The van der Waals surface area contributed by atoms with Crippen molar-refractivity contribution < 1.29 is 9.47 Å². The highest BCUT2D eigenvalue weighted by Crippen LogP contribution is 2.43. The molecule has 41 heavy (non-hydrogen) atoms. The largest absolute Gasteiger partial charge is 0.496 e. The molecule has 0 N–H and O–H groups in total. The van der Waals surface area contributed by atoms with Gasteiger partial charge in [0.05, 0.1) is 14.2 Å². The van der Waals surface area contributed by atoms with Gasteiger partial charge in [-0.3, -0.25) is 4.98 Å². The zero-order valence-corrected chi connectivity index (χ0v) is 26.5. The molecule has 3 aromatic rings. The molecule has 2 aromatic carbocycles. The zero-order chi connectivity index (χ0) is 29.5. The number of aromatic nitrogens is 1. The Balaban J connectivity index is 2.10. The molecular formula is C36H53N3O2. The predicted octanol–water partition coefficient (Wildman–Crippen LogP) is 9.09. The van der Waals surface area contributed by atoms with Gasteiger partial charge < -0.3 is 19.3 Å². The van der Waals surface area contributed by atoms with Gasteiger partial charge in [-0.25, -0.2) is 0 Å². The molecule has 1 heterocycles. The van der Waals surface area contributed by atoms with Gasteiger partial charge in [0, 0.05) is 79.1 Å². The summed E-state index contributed by atoms with van der Waals surface area (Å²) >= 11 is 0. The fraction of sp³-hybridized carbons (Fsp3) is 0.528. The lowest BCUT2D eigenvalue weighted by Crippen LogP contribution is -2.26. The number of anilines is 2. The van der Waals surface area contributed by atoms with Crippen molar-refractivity contribution in [3.8, 4) is 11.5 Å². The fourth-order valence-corrected chi connectivity index (χ4v) is 5.49. The van der Waals surface area contributed by atoms with E-state index < -0.39 is 0 Å². The molecule has 3 rings (SSSR count). The maximum Gasteiger partial charge on any atom is 0.125 e. The number of pyridine rings is 1. The van der Waals surface area contributed by atoms with Crippen molar-refractivity contribution in [2.45, 2.75) is 85.0 Å². The number of rotatable bonds is 19. The summed E-state index contributed by atoms with van der Waals surface area (Å²) in [5.41, 5.74) is 5.89. The molecule has 0 unspecified atom stereocenters. The molecule has 0 aliphatic heterocycles. The molecule has 0 bridgehead atoms. The van der Waals surface area contributed by atoms with E-state index in [2.05, 4.69) is 91.0 Å². The second kappa shape index (κ2) is 17.6. The van der Waals surface area contributed by atoms with E-state index in [4.69, 9.17) is 9.47 Å². The summed E-state index contributed by atoms with van der Waals surface area (Å²) in [6.07, 6.45) is 13.2. The maximum absolute atomic E-state index is 6.10. The molecule has 0 saturated heterocycles. The van der Waals surface area contributed by atoms with Crippen LogP contribution in [0.3, 0.4) is 0 Å². The molecule has 0 atom stereocenters. The van der Waals surface area contributed by atoms with Gasteiger partial charge in [0.1, 0.15) is 11.5 Å². The Hall–Kier alpha value is -3.21. The molecule has 5 heteroatoms. The van der Waals surface area contributed by atoms with Crippen LogP contribution >= 0.6 is 0 Å². The minimum atomic E-state index is -0.0505. The van der Waals surface area contributed by atoms with Gasteiger partial charge in [0.25, 0.3) is 0 Å². The first-order chi connectivity index (χ1) is 20.1. The second-order valence-electron chi connectivity index (χ2n) is 11.0. The summed E-state index contributed by atoms with van der Waals surface area (Å²) in [6.45, 7) is 13.3. The van der Waals surface area contributed by atoms with E-state index in [1.165, 1.54) is 68.3 Å². The number of unbranched alkanes of at least 4 members (excludes halogenated alkanes) is 4. The average molecular weight is 560 g/mol. The normalized spacial score (nSPS) is 11.1. The van der Waals surface area contributed by atoms with Gasteiger partial charge in [0.15, 0.2) is 0 Å². The second-order valence-corrected chi connectivity index (χ2v) is 11.0. The maximum atomic E-state index is 6.10. The first-order valence-corrected chi connectivity index (χ1v) is 15.9. The third-order valence-electron chi connectivity index (χ3n) is 7.95. The number of hydrogen-bond acceptors (Lipinski definition) is 5.